The molecule has 4 nitrogen and oxygen atoms in total. The standard InChI is InChI=1S/C14H23F3N4S/c1-3-5-6-8-19-13(18-4-2)20-9-7-12-21-11(10-22-12)14(15,16)17/h10H,3-9H2,1-2H3,(H2,18,19,20). The number of guanidine groups is 1. The topological polar surface area (TPSA) is 49.3 Å². The van der Waals surface area contributed by atoms with Gasteiger partial charge in [-0.05, 0) is 13.3 Å². The molecule has 0 aromatic carbocycles. The van der Waals surface area contributed by atoms with E-state index in [1.54, 1.807) is 0 Å². The third kappa shape index (κ3) is 7.11. The maximum Gasteiger partial charge on any atom is 0.434 e. The molecule has 0 saturated carbocycles. The summed E-state index contributed by atoms with van der Waals surface area (Å²) in [6.45, 7) is 6.11. The normalized spacial score (nSPS) is 12.5. The average Bonchev–Trinajstić information content (AvgIpc) is 2.92. The molecule has 1 aromatic heterocycles. The monoisotopic (exact) mass is 336 g/mol. The van der Waals surface area contributed by atoms with E-state index < -0.39 is 11.9 Å². The van der Waals surface area contributed by atoms with Gasteiger partial charge in [0, 0.05) is 31.4 Å². The Balaban J connectivity index is 2.40. The molecule has 1 aromatic rings. The van der Waals surface area contributed by atoms with E-state index >= 15 is 0 Å². The van der Waals surface area contributed by atoms with Crippen LogP contribution in [0.5, 0.6) is 0 Å². The number of rotatable bonds is 8. The fraction of sp³-hybridized carbons (Fsp3) is 0.714. The summed E-state index contributed by atoms with van der Waals surface area (Å²) in [5, 5.41) is 7.76. The maximum atomic E-state index is 12.5. The van der Waals surface area contributed by atoms with Gasteiger partial charge in [-0.15, -0.1) is 11.3 Å². The fourth-order valence-electron chi connectivity index (χ4n) is 1.74. The quantitative estimate of drug-likeness (QED) is 0.434. The van der Waals surface area contributed by atoms with Gasteiger partial charge in [0.2, 0.25) is 0 Å². The van der Waals surface area contributed by atoms with Crippen LogP contribution < -0.4 is 10.6 Å². The van der Waals surface area contributed by atoms with Gasteiger partial charge in [-0.2, -0.15) is 13.2 Å². The van der Waals surface area contributed by atoms with Crippen molar-refractivity contribution in [2.45, 2.75) is 45.7 Å². The van der Waals surface area contributed by atoms with Gasteiger partial charge in [0.25, 0.3) is 0 Å². The zero-order chi connectivity index (χ0) is 16.4. The van der Waals surface area contributed by atoms with Crippen LogP contribution in [0.3, 0.4) is 0 Å². The third-order valence-corrected chi connectivity index (χ3v) is 3.76. The van der Waals surface area contributed by atoms with Gasteiger partial charge in [0.05, 0.1) is 5.01 Å². The summed E-state index contributed by atoms with van der Waals surface area (Å²) in [5.74, 6) is 0.700. The summed E-state index contributed by atoms with van der Waals surface area (Å²) in [4.78, 5) is 8.03. The van der Waals surface area contributed by atoms with Gasteiger partial charge in [-0.3, -0.25) is 4.99 Å². The number of hydrogen-bond acceptors (Lipinski definition) is 3. The summed E-state index contributed by atoms with van der Waals surface area (Å²) >= 11 is 1.03. The largest absolute Gasteiger partial charge is 0.434 e. The predicted molar refractivity (Wildman–Crippen MR) is 84.3 cm³/mol. The van der Waals surface area contributed by atoms with E-state index in [1.165, 1.54) is 0 Å². The Bertz CT molecular complexity index is 457. The zero-order valence-corrected chi connectivity index (χ0v) is 13.8. The van der Waals surface area contributed by atoms with Crippen LogP contribution in [0.4, 0.5) is 13.2 Å². The highest BCUT2D eigenvalue weighted by Crippen LogP contribution is 2.29. The number of thiazole rings is 1. The zero-order valence-electron chi connectivity index (χ0n) is 13.0. The van der Waals surface area contributed by atoms with Gasteiger partial charge in [0.15, 0.2) is 11.7 Å². The van der Waals surface area contributed by atoms with Crippen LogP contribution in [0.15, 0.2) is 10.4 Å². The second-order valence-corrected chi connectivity index (χ2v) is 5.71. The lowest BCUT2D eigenvalue weighted by atomic mass is 10.2. The molecule has 0 saturated heterocycles. The third-order valence-electron chi connectivity index (χ3n) is 2.85. The number of halogens is 3. The molecule has 0 fully saturated rings. The Hall–Kier alpha value is -1.31. The lowest BCUT2D eigenvalue weighted by molar-refractivity contribution is -0.140. The minimum atomic E-state index is -4.36. The molecule has 2 N–H and O–H groups in total. The van der Waals surface area contributed by atoms with Crippen LogP contribution in [0.2, 0.25) is 0 Å². The molecular weight excluding hydrogens is 313 g/mol. The molecule has 22 heavy (non-hydrogen) atoms. The highest BCUT2D eigenvalue weighted by Gasteiger charge is 2.33. The van der Waals surface area contributed by atoms with Crippen LogP contribution in [0, 0.1) is 0 Å². The summed E-state index contributed by atoms with van der Waals surface area (Å²) in [5.41, 5.74) is -0.812. The van der Waals surface area contributed by atoms with Crippen LogP contribution in [0.25, 0.3) is 0 Å². The van der Waals surface area contributed by atoms with Crippen molar-refractivity contribution in [1.29, 1.82) is 0 Å². The number of alkyl halides is 3. The van der Waals surface area contributed by atoms with Crippen LogP contribution in [0.1, 0.15) is 43.8 Å². The van der Waals surface area contributed by atoms with Gasteiger partial charge in [-0.1, -0.05) is 19.8 Å². The van der Waals surface area contributed by atoms with Crippen molar-refractivity contribution in [2.24, 2.45) is 4.99 Å². The first-order valence-electron chi connectivity index (χ1n) is 7.51. The SMILES string of the molecule is CCCCCN=C(NCC)NCCc1nc(C(F)(F)F)cs1. The molecule has 0 bridgehead atoms. The first-order chi connectivity index (χ1) is 10.5. The Morgan fingerprint density at radius 1 is 1.27 bits per heavy atom. The molecule has 8 heteroatoms. The van der Waals surface area contributed by atoms with E-state index in [9.17, 15) is 13.2 Å². The van der Waals surface area contributed by atoms with E-state index in [0.717, 1.165) is 49.1 Å². The maximum absolute atomic E-state index is 12.5. The van der Waals surface area contributed by atoms with Gasteiger partial charge < -0.3 is 10.6 Å². The molecule has 0 amide bonds. The van der Waals surface area contributed by atoms with Crippen LogP contribution in [-0.4, -0.2) is 30.6 Å². The Morgan fingerprint density at radius 2 is 2.05 bits per heavy atom. The molecule has 1 rings (SSSR count). The summed E-state index contributed by atoms with van der Waals surface area (Å²) < 4.78 is 37.4. The lowest BCUT2D eigenvalue weighted by Crippen LogP contribution is -2.38. The number of aromatic nitrogens is 1. The van der Waals surface area contributed by atoms with E-state index in [4.69, 9.17) is 0 Å². The fourth-order valence-corrected chi connectivity index (χ4v) is 2.54. The van der Waals surface area contributed by atoms with Crippen molar-refractivity contribution in [3.8, 4) is 0 Å². The van der Waals surface area contributed by atoms with Crippen molar-refractivity contribution in [1.82, 2.24) is 15.6 Å². The molecular formula is C14H23F3N4S. The lowest BCUT2D eigenvalue weighted by Gasteiger charge is -2.10. The van der Waals surface area contributed by atoms with Crippen molar-refractivity contribution in [2.75, 3.05) is 19.6 Å². The minimum Gasteiger partial charge on any atom is -0.357 e. The number of unbranched alkanes of at least 4 members (excludes halogenated alkanes) is 2. The molecule has 0 aliphatic carbocycles. The van der Waals surface area contributed by atoms with Gasteiger partial charge in [0.1, 0.15) is 0 Å². The Morgan fingerprint density at radius 3 is 2.64 bits per heavy atom. The molecule has 0 aliphatic rings. The van der Waals surface area contributed by atoms with Crippen molar-refractivity contribution < 1.29 is 13.2 Å². The summed E-state index contributed by atoms with van der Waals surface area (Å²) in [7, 11) is 0. The van der Waals surface area contributed by atoms with Crippen molar-refractivity contribution in [3.05, 3.63) is 16.1 Å². The van der Waals surface area contributed by atoms with Crippen molar-refractivity contribution >= 4 is 17.3 Å². The second-order valence-electron chi connectivity index (χ2n) is 4.77. The molecule has 0 spiro atoms. The minimum absolute atomic E-state index is 0.445. The summed E-state index contributed by atoms with van der Waals surface area (Å²) in [6, 6.07) is 0. The second kappa shape index (κ2) is 9.66. The number of aliphatic imine (C=N–C) groups is 1. The first-order valence-corrected chi connectivity index (χ1v) is 8.39. The van der Waals surface area contributed by atoms with Crippen molar-refractivity contribution in [3.63, 3.8) is 0 Å². The molecule has 0 aliphatic heterocycles. The molecule has 0 radical (unpaired) electrons. The Labute approximate surface area is 133 Å². The highest BCUT2D eigenvalue weighted by molar-refractivity contribution is 7.09. The molecule has 126 valence electrons. The first kappa shape index (κ1) is 18.7. The average molecular weight is 336 g/mol. The van der Waals surface area contributed by atoms with Gasteiger partial charge >= 0.3 is 6.18 Å². The van der Waals surface area contributed by atoms with Crippen LogP contribution >= 0.6 is 11.3 Å². The molecule has 0 atom stereocenters. The van der Waals surface area contributed by atoms with E-state index in [2.05, 4.69) is 27.5 Å². The smallest absolute Gasteiger partial charge is 0.357 e. The van der Waals surface area contributed by atoms with E-state index in [1.807, 2.05) is 6.92 Å². The number of hydrogen-bond donors (Lipinski definition) is 2. The number of nitrogens with zero attached hydrogens (tertiary/aromatic N) is 2. The van der Waals surface area contributed by atoms with Crippen LogP contribution in [-0.2, 0) is 12.6 Å². The number of nitrogens with one attached hydrogen (secondary N) is 2. The summed E-state index contributed by atoms with van der Waals surface area (Å²) in [6.07, 6.45) is -0.597. The van der Waals surface area contributed by atoms with E-state index in [0.29, 0.717) is 23.9 Å². The molecule has 1 heterocycles. The van der Waals surface area contributed by atoms with E-state index in [-0.39, 0.29) is 0 Å². The van der Waals surface area contributed by atoms with Gasteiger partial charge in [-0.25, -0.2) is 4.98 Å². The predicted octanol–water partition coefficient (Wildman–Crippen LogP) is 3.45. The Kier molecular flexibility index (Phi) is 8.22. The highest BCUT2D eigenvalue weighted by atomic mass is 32.1. The molecule has 0 unspecified atom stereocenters.